The lowest BCUT2D eigenvalue weighted by atomic mass is 9.84. The highest BCUT2D eigenvalue weighted by Crippen LogP contribution is 2.28. The minimum Gasteiger partial charge on any atom is -0.353 e. The van der Waals surface area contributed by atoms with Crippen LogP contribution >= 0.6 is 0 Å². The van der Waals surface area contributed by atoms with Crippen LogP contribution in [0.15, 0.2) is 0 Å². The largest absolute Gasteiger partial charge is 0.353 e. The summed E-state index contributed by atoms with van der Waals surface area (Å²) in [6.45, 7) is 7.23. The number of nitrogens with two attached hydrogens (primary N) is 1. The van der Waals surface area contributed by atoms with E-state index in [1.54, 1.807) is 0 Å². The number of rotatable bonds is 7. The Hall–Kier alpha value is -0.570. The molecule has 0 aromatic rings. The first kappa shape index (κ1) is 15.5. The Morgan fingerprint density at radius 1 is 1.33 bits per heavy atom. The first-order valence-corrected chi connectivity index (χ1v) is 7.44. The first-order chi connectivity index (χ1) is 8.44. The zero-order chi connectivity index (χ0) is 13.6. The molecule has 1 aliphatic carbocycles. The van der Waals surface area contributed by atoms with E-state index in [1.807, 2.05) is 0 Å². The van der Waals surface area contributed by atoms with Crippen molar-refractivity contribution in [2.75, 3.05) is 6.54 Å². The average molecular weight is 254 g/mol. The molecule has 0 saturated heterocycles. The Labute approximate surface area is 112 Å². The number of carbonyl (C=O) groups excluding carboxylic acids is 1. The van der Waals surface area contributed by atoms with E-state index in [1.165, 1.54) is 25.7 Å². The summed E-state index contributed by atoms with van der Waals surface area (Å²) in [6.07, 6.45) is 7.75. The molecule has 0 aromatic carbocycles. The van der Waals surface area contributed by atoms with Crippen molar-refractivity contribution in [2.24, 2.45) is 17.1 Å². The van der Waals surface area contributed by atoms with Crippen LogP contribution in [-0.4, -0.2) is 18.5 Å². The zero-order valence-corrected chi connectivity index (χ0v) is 12.3. The zero-order valence-electron chi connectivity index (χ0n) is 12.3. The molecular formula is C15H30N2O. The van der Waals surface area contributed by atoms with Crippen molar-refractivity contribution in [3.05, 3.63) is 0 Å². The summed E-state index contributed by atoms with van der Waals surface area (Å²) in [4.78, 5) is 11.9. The average Bonchev–Trinajstić information content (AvgIpc) is 2.80. The molecule has 3 heteroatoms. The van der Waals surface area contributed by atoms with Gasteiger partial charge in [0.25, 0.3) is 0 Å². The van der Waals surface area contributed by atoms with E-state index in [-0.39, 0.29) is 11.3 Å². The predicted octanol–water partition coefficient (Wildman–Crippen LogP) is 2.84. The quantitative estimate of drug-likeness (QED) is 0.734. The molecule has 3 N–H and O–H groups in total. The summed E-state index contributed by atoms with van der Waals surface area (Å²) in [6, 6.07) is 0.345. The molecule has 3 nitrogen and oxygen atoms in total. The van der Waals surface area contributed by atoms with Crippen molar-refractivity contribution < 1.29 is 4.79 Å². The van der Waals surface area contributed by atoms with Crippen molar-refractivity contribution in [1.82, 2.24) is 5.32 Å². The number of nitrogens with one attached hydrogen (secondary N) is 1. The summed E-state index contributed by atoms with van der Waals surface area (Å²) in [5, 5.41) is 3.17. The van der Waals surface area contributed by atoms with E-state index in [9.17, 15) is 4.79 Å². The highest BCUT2D eigenvalue weighted by Gasteiger charge is 2.24. The van der Waals surface area contributed by atoms with E-state index >= 15 is 0 Å². The third-order valence-electron chi connectivity index (χ3n) is 4.35. The van der Waals surface area contributed by atoms with E-state index in [0.29, 0.717) is 24.9 Å². The van der Waals surface area contributed by atoms with Crippen LogP contribution in [0.4, 0.5) is 0 Å². The van der Waals surface area contributed by atoms with E-state index in [0.717, 1.165) is 12.8 Å². The van der Waals surface area contributed by atoms with Crippen LogP contribution in [0.3, 0.4) is 0 Å². The van der Waals surface area contributed by atoms with Gasteiger partial charge in [-0.2, -0.15) is 0 Å². The highest BCUT2D eigenvalue weighted by molar-refractivity contribution is 5.76. The van der Waals surface area contributed by atoms with E-state index in [4.69, 9.17) is 5.73 Å². The summed E-state index contributed by atoms with van der Waals surface area (Å²) in [7, 11) is 0. The molecule has 18 heavy (non-hydrogen) atoms. The molecule has 106 valence electrons. The molecular weight excluding hydrogens is 224 g/mol. The van der Waals surface area contributed by atoms with Crippen LogP contribution in [0.5, 0.6) is 0 Å². The van der Waals surface area contributed by atoms with Gasteiger partial charge in [0.2, 0.25) is 5.91 Å². The monoisotopic (exact) mass is 254 g/mol. The maximum Gasteiger partial charge on any atom is 0.220 e. The Morgan fingerprint density at radius 3 is 2.50 bits per heavy atom. The standard InChI is InChI=1S/C15H30N2O/c1-12(13-6-4-5-7-13)17-14(18)8-9-15(2,3)10-11-16/h12-13H,4-11,16H2,1-3H3,(H,17,18)/t12-/m1/s1. The Morgan fingerprint density at radius 2 is 1.94 bits per heavy atom. The lowest BCUT2D eigenvalue weighted by Gasteiger charge is -2.25. The molecule has 0 spiro atoms. The molecule has 1 rings (SSSR count). The summed E-state index contributed by atoms with van der Waals surface area (Å²) < 4.78 is 0. The Balaban J connectivity index is 2.24. The second kappa shape index (κ2) is 7.13. The Bertz CT molecular complexity index is 257. The Kier molecular flexibility index (Phi) is 6.13. The topological polar surface area (TPSA) is 55.1 Å². The molecule has 1 fully saturated rings. The molecule has 0 heterocycles. The molecule has 0 bridgehead atoms. The van der Waals surface area contributed by atoms with Crippen molar-refractivity contribution in [3.63, 3.8) is 0 Å². The summed E-state index contributed by atoms with van der Waals surface area (Å²) >= 11 is 0. The van der Waals surface area contributed by atoms with Gasteiger partial charge in [0.15, 0.2) is 0 Å². The normalized spacial score (nSPS) is 18.9. The van der Waals surface area contributed by atoms with Crippen LogP contribution in [0, 0.1) is 11.3 Å². The summed E-state index contributed by atoms with van der Waals surface area (Å²) in [5.74, 6) is 0.908. The van der Waals surface area contributed by atoms with Crippen molar-refractivity contribution in [2.45, 2.75) is 71.8 Å². The second-order valence-corrected chi connectivity index (χ2v) is 6.60. The van der Waals surface area contributed by atoms with Gasteiger partial charge in [-0.05, 0) is 50.5 Å². The SMILES string of the molecule is C[C@@H](NC(=O)CCC(C)(C)CCN)C1CCCC1. The van der Waals surface area contributed by atoms with Gasteiger partial charge < -0.3 is 11.1 Å². The van der Waals surface area contributed by atoms with Gasteiger partial charge in [-0.1, -0.05) is 26.7 Å². The third-order valence-corrected chi connectivity index (χ3v) is 4.35. The van der Waals surface area contributed by atoms with Gasteiger partial charge in [0.1, 0.15) is 0 Å². The van der Waals surface area contributed by atoms with Gasteiger partial charge in [-0.25, -0.2) is 0 Å². The number of amides is 1. The first-order valence-electron chi connectivity index (χ1n) is 7.44. The fourth-order valence-corrected chi connectivity index (χ4v) is 2.87. The van der Waals surface area contributed by atoms with Crippen LogP contribution in [-0.2, 0) is 4.79 Å². The molecule has 1 atom stereocenters. The van der Waals surface area contributed by atoms with Gasteiger partial charge in [-0.15, -0.1) is 0 Å². The number of hydrogen-bond acceptors (Lipinski definition) is 2. The molecule has 1 aliphatic rings. The molecule has 0 aromatic heterocycles. The van der Waals surface area contributed by atoms with Gasteiger partial charge in [0.05, 0.1) is 0 Å². The predicted molar refractivity (Wildman–Crippen MR) is 76.2 cm³/mol. The molecule has 0 unspecified atom stereocenters. The molecule has 1 amide bonds. The maximum atomic E-state index is 11.9. The van der Waals surface area contributed by atoms with Crippen LogP contribution in [0.2, 0.25) is 0 Å². The molecule has 1 saturated carbocycles. The van der Waals surface area contributed by atoms with Crippen LogP contribution in [0.25, 0.3) is 0 Å². The van der Waals surface area contributed by atoms with E-state index in [2.05, 4.69) is 26.1 Å². The fourth-order valence-electron chi connectivity index (χ4n) is 2.87. The molecule has 0 radical (unpaired) electrons. The number of carbonyl (C=O) groups is 1. The van der Waals surface area contributed by atoms with Gasteiger partial charge in [-0.3, -0.25) is 4.79 Å². The maximum absolute atomic E-state index is 11.9. The lowest BCUT2D eigenvalue weighted by molar-refractivity contribution is -0.122. The minimum atomic E-state index is 0.183. The fraction of sp³-hybridized carbons (Fsp3) is 0.933. The molecule has 0 aliphatic heterocycles. The summed E-state index contributed by atoms with van der Waals surface area (Å²) in [5.41, 5.74) is 5.77. The van der Waals surface area contributed by atoms with Crippen LogP contribution in [0.1, 0.15) is 65.7 Å². The van der Waals surface area contributed by atoms with Crippen molar-refractivity contribution in [1.29, 1.82) is 0 Å². The third kappa shape index (κ3) is 5.38. The van der Waals surface area contributed by atoms with Crippen molar-refractivity contribution in [3.8, 4) is 0 Å². The van der Waals surface area contributed by atoms with E-state index < -0.39 is 0 Å². The number of hydrogen-bond donors (Lipinski definition) is 2. The van der Waals surface area contributed by atoms with Gasteiger partial charge in [0, 0.05) is 12.5 Å². The lowest BCUT2D eigenvalue weighted by Crippen LogP contribution is -2.37. The highest BCUT2D eigenvalue weighted by atomic mass is 16.1. The minimum absolute atomic E-state index is 0.183. The second-order valence-electron chi connectivity index (χ2n) is 6.60. The van der Waals surface area contributed by atoms with Crippen LogP contribution < -0.4 is 11.1 Å². The smallest absolute Gasteiger partial charge is 0.220 e. The van der Waals surface area contributed by atoms with Gasteiger partial charge >= 0.3 is 0 Å². The van der Waals surface area contributed by atoms with Crippen molar-refractivity contribution >= 4 is 5.91 Å².